The van der Waals surface area contributed by atoms with E-state index < -0.39 is 28.8 Å². The third-order valence-electron chi connectivity index (χ3n) is 6.85. The van der Waals surface area contributed by atoms with Crippen molar-refractivity contribution in [2.45, 2.75) is 168 Å². The predicted octanol–water partition coefficient (Wildman–Crippen LogP) is 7.10. The van der Waals surface area contributed by atoms with Crippen molar-refractivity contribution in [2.24, 2.45) is 0 Å². The summed E-state index contributed by atoms with van der Waals surface area (Å²) in [6.07, 6.45) is 11.6. The molecule has 0 saturated carbocycles. The summed E-state index contributed by atoms with van der Waals surface area (Å²) in [5.74, 6) is -0.360. The molecule has 2 aliphatic rings. The molecule has 0 aromatic rings. The van der Waals surface area contributed by atoms with Gasteiger partial charge in [0.15, 0.2) is 6.10 Å². The van der Waals surface area contributed by atoms with Crippen molar-refractivity contribution >= 4 is 23.1 Å². The zero-order valence-corrected chi connectivity index (χ0v) is 30.5. The zero-order chi connectivity index (χ0) is 32.0. The summed E-state index contributed by atoms with van der Waals surface area (Å²) < 4.78 is 36.4. The Labute approximate surface area is 258 Å². The number of carbonyl (C=O) groups is 1. The summed E-state index contributed by atoms with van der Waals surface area (Å²) >= 11 is 0. The summed E-state index contributed by atoms with van der Waals surface area (Å²) in [6.45, 7) is 24.5. The highest BCUT2D eigenvalue weighted by molar-refractivity contribution is 6.65. The number of epoxide rings is 1. The fourth-order valence-corrected chi connectivity index (χ4v) is 10.2. The van der Waals surface area contributed by atoms with E-state index in [-0.39, 0.29) is 35.5 Å². The maximum absolute atomic E-state index is 11.8. The standard InChI is InChI=1S/C32H60O8Si2/c1-24(33)36-27-25(23-26(28-29(27)37-28)38-42(11,12)40-31(5,6)7)19-21-32(8,34)20-17-15-13-14-16-18-22-35-41(9,10)39-30(2,3)4/h19,21,23,26-29,34H,13-18,20,22H2,1-12H3/b21-19+/t26-,27+,28+,29-,32?/m1/s1. The molecule has 1 fully saturated rings. The van der Waals surface area contributed by atoms with Crippen LogP contribution in [0.25, 0.3) is 0 Å². The molecule has 0 spiro atoms. The summed E-state index contributed by atoms with van der Waals surface area (Å²) in [5, 5.41) is 11.1. The Morgan fingerprint density at radius 3 is 2.00 bits per heavy atom. The van der Waals surface area contributed by atoms with Crippen LogP contribution in [0.5, 0.6) is 0 Å². The van der Waals surface area contributed by atoms with E-state index in [1.54, 1.807) is 0 Å². The molecule has 0 aromatic carbocycles. The monoisotopic (exact) mass is 628 g/mol. The van der Waals surface area contributed by atoms with Gasteiger partial charge in [-0.1, -0.05) is 44.3 Å². The molecule has 1 unspecified atom stereocenters. The third kappa shape index (κ3) is 14.7. The Kier molecular flexibility index (Phi) is 13.3. The first kappa shape index (κ1) is 37.3. The highest BCUT2D eigenvalue weighted by atomic mass is 28.4. The van der Waals surface area contributed by atoms with Gasteiger partial charge in [0.1, 0.15) is 12.2 Å². The van der Waals surface area contributed by atoms with E-state index in [1.807, 2.05) is 59.0 Å². The molecule has 2 rings (SSSR count). The Hall–Kier alpha value is -0.856. The van der Waals surface area contributed by atoms with Crippen molar-refractivity contribution in [3.63, 3.8) is 0 Å². The van der Waals surface area contributed by atoms with E-state index in [0.717, 1.165) is 50.7 Å². The largest absolute Gasteiger partial charge is 0.455 e. The van der Waals surface area contributed by atoms with Crippen LogP contribution in [0.4, 0.5) is 0 Å². The lowest BCUT2D eigenvalue weighted by atomic mass is 9.91. The summed E-state index contributed by atoms with van der Waals surface area (Å²) in [7, 11) is -4.53. The fourth-order valence-electron chi connectivity index (χ4n) is 5.60. The van der Waals surface area contributed by atoms with Gasteiger partial charge in [0, 0.05) is 13.5 Å². The molecule has 0 radical (unpaired) electrons. The van der Waals surface area contributed by atoms with Crippen LogP contribution >= 0.6 is 0 Å². The van der Waals surface area contributed by atoms with Crippen LogP contribution in [0.3, 0.4) is 0 Å². The number of unbranched alkanes of at least 4 members (excludes halogenated alkanes) is 5. The lowest BCUT2D eigenvalue weighted by molar-refractivity contribution is -0.145. The van der Waals surface area contributed by atoms with Gasteiger partial charge in [-0.25, -0.2) is 0 Å². The quantitative estimate of drug-likeness (QED) is 0.0789. The SMILES string of the molecule is CC(=O)O[C@H]1C(/C=C/C(C)(O)CCCCCCCCO[Si](C)(C)OC(C)(C)C)=C[C@@H](O[Si](C)(C)OC(C)(C)C)[C@@H]2O[C@@H]21. The van der Waals surface area contributed by atoms with E-state index in [0.29, 0.717) is 6.42 Å². The van der Waals surface area contributed by atoms with Gasteiger partial charge in [0.2, 0.25) is 0 Å². The fraction of sp³-hybridized carbons (Fsp3) is 0.844. The summed E-state index contributed by atoms with van der Waals surface area (Å²) in [4.78, 5) is 11.8. The summed E-state index contributed by atoms with van der Waals surface area (Å²) in [5.41, 5.74) is -0.668. The van der Waals surface area contributed by atoms with Crippen molar-refractivity contribution in [1.82, 2.24) is 0 Å². The number of fused-ring (bicyclic) bond motifs is 1. The third-order valence-corrected chi connectivity index (χ3v) is 10.8. The lowest BCUT2D eigenvalue weighted by Crippen LogP contribution is -2.47. The molecule has 5 atom stereocenters. The Bertz CT molecular complexity index is 930. The Morgan fingerprint density at radius 1 is 0.881 bits per heavy atom. The van der Waals surface area contributed by atoms with Gasteiger partial charge in [-0.05, 0) is 99.1 Å². The van der Waals surface area contributed by atoms with E-state index in [4.69, 9.17) is 27.2 Å². The van der Waals surface area contributed by atoms with Gasteiger partial charge >= 0.3 is 23.1 Å². The average molecular weight is 629 g/mol. The van der Waals surface area contributed by atoms with E-state index in [1.165, 1.54) is 6.92 Å². The first-order chi connectivity index (χ1) is 19.1. The second-order valence-electron chi connectivity index (χ2n) is 15.0. The van der Waals surface area contributed by atoms with Crippen LogP contribution in [-0.4, -0.2) is 76.0 Å². The van der Waals surface area contributed by atoms with Gasteiger partial charge in [0.25, 0.3) is 0 Å². The average Bonchev–Trinajstić information content (AvgIpc) is 3.56. The Morgan fingerprint density at radius 2 is 1.43 bits per heavy atom. The molecule has 1 heterocycles. The van der Waals surface area contributed by atoms with E-state index in [9.17, 15) is 9.90 Å². The minimum Gasteiger partial charge on any atom is -0.455 e. The highest BCUT2D eigenvalue weighted by Gasteiger charge is 2.56. The van der Waals surface area contributed by atoms with Crippen molar-refractivity contribution in [1.29, 1.82) is 0 Å². The van der Waals surface area contributed by atoms with Crippen LogP contribution in [0.1, 0.15) is 100 Å². The highest BCUT2D eigenvalue weighted by Crippen LogP contribution is 2.41. The van der Waals surface area contributed by atoms with E-state index >= 15 is 0 Å². The molecule has 244 valence electrons. The molecule has 1 saturated heterocycles. The number of aliphatic hydroxyl groups is 1. The van der Waals surface area contributed by atoms with Gasteiger partial charge in [-0.15, -0.1) is 0 Å². The van der Waals surface area contributed by atoms with Crippen LogP contribution in [0.2, 0.25) is 26.2 Å². The number of ether oxygens (including phenoxy) is 2. The number of hydrogen-bond donors (Lipinski definition) is 1. The second-order valence-corrected chi connectivity index (χ2v) is 21.5. The molecule has 1 aliphatic carbocycles. The second kappa shape index (κ2) is 14.9. The van der Waals surface area contributed by atoms with Gasteiger partial charge in [-0.2, -0.15) is 0 Å². The van der Waals surface area contributed by atoms with Crippen molar-refractivity contribution in [3.8, 4) is 0 Å². The zero-order valence-electron chi connectivity index (χ0n) is 28.5. The van der Waals surface area contributed by atoms with Crippen molar-refractivity contribution < 1.29 is 37.1 Å². The number of carbonyl (C=O) groups excluding carboxylic acids is 1. The van der Waals surface area contributed by atoms with Gasteiger partial charge < -0.3 is 32.3 Å². The summed E-state index contributed by atoms with van der Waals surface area (Å²) in [6, 6.07) is 0. The lowest BCUT2D eigenvalue weighted by Gasteiger charge is -2.35. The number of esters is 1. The molecule has 10 heteroatoms. The van der Waals surface area contributed by atoms with Crippen LogP contribution in [-0.2, 0) is 32.0 Å². The topological polar surface area (TPSA) is 96.0 Å². The minimum absolute atomic E-state index is 0.167. The van der Waals surface area contributed by atoms with Crippen LogP contribution < -0.4 is 0 Å². The van der Waals surface area contributed by atoms with Crippen LogP contribution in [0.15, 0.2) is 23.8 Å². The van der Waals surface area contributed by atoms with Gasteiger partial charge in [0.05, 0.1) is 22.9 Å². The molecular formula is C32H60O8Si2. The van der Waals surface area contributed by atoms with Crippen molar-refractivity contribution in [3.05, 3.63) is 23.8 Å². The van der Waals surface area contributed by atoms with Crippen LogP contribution in [0, 0.1) is 0 Å². The van der Waals surface area contributed by atoms with Crippen molar-refractivity contribution in [2.75, 3.05) is 6.61 Å². The smallest absolute Gasteiger partial charge is 0.332 e. The molecule has 0 bridgehead atoms. The van der Waals surface area contributed by atoms with Gasteiger partial charge in [-0.3, -0.25) is 4.79 Å². The Balaban J connectivity index is 1.83. The molecule has 0 amide bonds. The molecule has 8 nitrogen and oxygen atoms in total. The molecular weight excluding hydrogens is 569 g/mol. The molecule has 0 aromatic heterocycles. The maximum atomic E-state index is 11.8. The normalized spacial score (nSPS) is 24.7. The number of rotatable bonds is 17. The first-order valence-corrected chi connectivity index (χ1v) is 21.4. The minimum atomic E-state index is -2.46. The van der Waals surface area contributed by atoms with E-state index in [2.05, 4.69) is 33.9 Å². The molecule has 1 aliphatic heterocycles. The molecule has 42 heavy (non-hydrogen) atoms. The maximum Gasteiger partial charge on any atom is 0.332 e. The first-order valence-electron chi connectivity index (χ1n) is 15.8. The molecule has 1 N–H and O–H groups in total. The predicted molar refractivity (Wildman–Crippen MR) is 172 cm³/mol. The number of hydrogen-bond acceptors (Lipinski definition) is 8.